The lowest BCUT2D eigenvalue weighted by Gasteiger charge is -2.30. The molecule has 23 heavy (non-hydrogen) atoms. The summed E-state index contributed by atoms with van der Waals surface area (Å²) in [6.45, 7) is 3.01. The Morgan fingerprint density at radius 3 is 2.91 bits per heavy atom. The minimum atomic E-state index is -0.392. The molecule has 4 rings (SSSR count). The highest BCUT2D eigenvalue weighted by molar-refractivity contribution is 5.89. The third-order valence-electron chi connectivity index (χ3n) is 5.33. The Morgan fingerprint density at radius 2 is 2.17 bits per heavy atom. The molecule has 0 saturated carbocycles. The molecule has 6 heteroatoms. The number of rotatable bonds is 2. The largest absolute Gasteiger partial charge is 0.440 e. The molecule has 0 aliphatic carbocycles. The molecule has 6 nitrogen and oxygen atoms in total. The molecule has 3 aliphatic heterocycles. The molecule has 0 bridgehead atoms. The van der Waals surface area contributed by atoms with Crippen molar-refractivity contribution < 1.29 is 14.3 Å². The summed E-state index contributed by atoms with van der Waals surface area (Å²) in [5.74, 6) is 0.705. The van der Waals surface area contributed by atoms with Crippen LogP contribution in [0.5, 0.6) is 0 Å². The van der Waals surface area contributed by atoms with Gasteiger partial charge < -0.3 is 9.47 Å². The van der Waals surface area contributed by atoms with Crippen molar-refractivity contribution in [2.24, 2.45) is 0 Å². The Kier molecular flexibility index (Phi) is 3.73. The Labute approximate surface area is 136 Å². The third-order valence-corrected chi connectivity index (χ3v) is 5.33. The van der Waals surface area contributed by atoms with E-state index in [1.807, 2.05) is 6.07 Å². The monoisotopic (exact) mass is 317 g/mol. The smallest absolute Gasteiger partial charge is 0.416 e. The van der Waals surface area contributed by atoms with Crippen molar-refractivity contribution >= 4 is 11.9 Å². The lowest BCUT2D eigenvalue weighted by Crippen LogP contribution is -2.40. The van der Waals surface area contributed by atoms with Gasteiger partial charge in [0.15, 0.2) is 0 Å². The summed E-state index contributed by atoms with van der Waals surface area (Å²) in [5.41, 5.74) is 0.840. The van der Waals surface area contributed by atoms with Crippen LogP contribution >= 0.6 is 0 Å². The first kappa shape index (κ1) is 14.9. The quantitative estimate of drug-likeness (QED) is 0.838. The van der Waals surface area contributed by atoms with Crippen molar-refractivity contribution in [1.29, 1.82) is 0 Å². The molecule has 1 spiro atoms. The van der Waals surface area contributed by atoms with E-state index < -0.39 is 5.60 Å². The highest BCUT2D eigenvalue weighted by Crippen LogP contribution is 2.36. The molecule has 0 unspecified atom stereocenters. The van der Waals surface area contributed by atoms with Crippen molar-refractivity contribution in [2.75, 3.05) is 38.3 Å². The maximum atomic E-state index is 12.4. The van der Waals surface area contributed by atoms with Crippen LogP contribution in [0, 0.1) is 0 Å². The molecule has 4 heterocycles. The van der Waals surface area contributed by atoms with Gasteiger partial charge in [0.2, 0.25) is 0 Å². The van der Waals surface area contributed by atoms with Crippen LogP contribution in [0.25, 0.3) is 0 Å². The number of aromatic nitrogens is 1. The number of amides is 1. The minimum Gasteiger partial charge on any atom is -0.440 e. The number of pyridine rings is 1. The van der Waals surface area contributed by atoms with Crippen LogP contribution in [0.3, 0.4) is 0 Å². The lowest BCUT2D eigenvalue weighted by molar-refractivity contribution is -0.0431. The van der Waals surface area contributed by atoms with E-state index in [0.29, 0.717) is 31.6 Å². The van der Waals surface area contributed by atoms with E-state index in [1.165, 1.54) is 12.0 Å². The van der Waals surface area contributed by atoms with Gasteiger partial charge in [-0.1, -0.05) is 0 Å². The Morgan fingerprint density at radius 1 is 1.35 bits per heavy atom. The zero-order valence-electron chi connectivity index (χ0n) is 13.5. The fourth-order valence-electron chi connectivity index (χ4n) is 3.92. The number of carbonyl (C=O) groups excluding carboxylic acids is 1. The molecule has 1 aromatic rings. The summed E-state index contributed by atoms with van der Waals surface area (Å²) in [4.78, 5) is 20.8. The van der Waals surface area contributed by atoms with E-state index in [-0.39, 0.29) is 6.09 Å². The second-order valence-corrected chi connectivity index (χ2v) is 6.84. The molecule has 3 aliphatic rings. The minimum absolute atomic E-state index is 0.281. The number of likely N-dealkylation sites (tertiary alicyclic amines) is 1. The van der Waals surface area contributed by atoms with Gasteiger partial charge in [-0.15, -0.1) is 0 Å². The van der Waals surface area contributed by atoms with E-state index in [0.717, 1.165) is 25.8 Å². The van der Waals surface area contributed by atoms with Gasteiger partial charge in [-0.2, -0.15) is 0 Å². The topological polar surface area (TPSA) is 54.9 Å². The van der Waals surface area contributed by atoms with Gasteiger partial charge in [0.05, 0.1) is 19.8 Å². The van der Waals surface area contributed by atoms with Crippen molar-refractivity contribution in [3.8, 4) is 0 Å². The zero-order chi connectivity index (χ0) is 15.9. The molecule has 0 N–H and O–H groups in total. The van der Waals surface area contributed by atoms with E-state index in [2.05, 4.69) is 23.0 Å². The number of ether oxygens (including phenoxy) is 2. The first-order valence-electron chi connectivity index (χ1n) is 8.41. The van der Waals surface area contributed by atoms with Crippen LogP contribution in [0.1, 0.15) is 37.3 Å². The van der Waals surface area contributed by atoms with Gasteiger partial charge >= 0.3 is 6.09 Å². The summed E-state index contributed by atoms with van der Waals surface area (Å²) in [6.07, 6.45) is 5.43. The second-order valence-electron chi connectivity index (χ2n) is 6.84. The van der Waals surface area contributed by atoms with Crippen molar-refractivity contribution in [3.63, 3.8) is 0 Å². The Balaban J connectivity index is 1.57. The van der Waals surface area contributed by atoms with Gasteiger partial charge in [0.1, 0.15) is 11.4 Å². The highest BCUT2D eigenvalue weighted by atomic mass is 16.6. The molecular formula is C17H23N3O3. The van der Waals surface area contributed by atoms with E-state index in [9.17, 15) is 4.79 Å². The maximum Gasteiger partial charge on any atom is 0.416 e. The number of hydrogen-bond donors (Lipinski definition) is 0. The SMILES string of the molecule is CN1CCC[C@H]1c1ccnc(N2CC3(CCOCC3)OC2=O)c1. The Hall–Kier alpha value is -1.66. The summed E-state index contributed by atoms with van der Waals surface area (Å²) in [7, 11) is 2.15. The van der Waals surface area contributed by atoms with Gasteiger partial charge in [0, 0.05) is 25.1 Å². The predicted molar refractivity (Wildman–Crippen MR) is 85.5 cm³/mol. The van der Waals surface area contributed by atoms with Crippen LogP contribution in [0.15, 0.2) is 18.3 Å². The van der Waals surface area contributed by atoms with Crippen LogP contribution in [-0.2, 0) is 9.47 Å². The average molecular weight is 317 g/mol. The van der Waals surface area contributed by atoms with Crippen molar-refractivity contribution in [3.05, 3.63) is 23.9 Å². The van der Waals surface area contributed by atoms with Crippen LogP contribution in [0.2, 0.25) is 0 Å². The van der Waals surface area contributed by atoms with Crippen molar-refractivity contribution in [2.45, 2.75) is 37.3 Å². The molecule has 0 aromatic carbocycles. The zero-order valence-corrected chi connectivity index (χ0v) is 13.5. The summed E-state index contributed by atoms with van der Waals surface area (Å²) in [6, 6.07) is 4.53. The number of hydrogen-bond acceptors (Lipinski definition) is 5. The molecule has 1 amide bonds. The molecule has 0 radical (unpaired) electrons. The van der Waals surface area contributed by atoms with Gasteiger partial charge in [-0.3, -0.25) is 9.80 Å². The van der Waals surface area contributed by atoms with Crippen molar-refractivity contribution in [1.82, 2.24) is 9.88 Å². The van der Waals surface area contributed by atoms with Crippen LogP contribution in [-0.4, -0.2) is 54.9 Å². The van der Waals surface area contributed by atoms with Crippen LogP contribution < -0.4 is 4.90 Å². The van der Waals surface area contributed by atoms with E-state index in [4.69, 9.17) is 9.47 Å². The fraction of sp³-hybridized carbons (Fsp3) is 0.647. The normalized spacial score (nSPS) is 27.6. The predicted octanol–water partition coefficient (Wildman–Crippen LogP) is 2.35. The van der Waals surface area contributed by atoms with E-state index in [1.54, 1.807) is 11.1 Å². The first-order valence-corrected chi connectivity index (χ1v) is 8.41. The second kappa shape index (κ2) is 5.76. The summed E-state index contributed by atoms with van der Waals surface area (Å²) >= 11 is 0. The van der Waals surface area contributed by atoms with Crippen LogP contribution in [0.4, 0.5) is 10.6 Å². The maximum absolute atomic E-state index is 12.4. The number of carbonyl (C=O) groups is 1. The summed E-state index contributed by atoms with van der Waals surface area (Å²) < 4.78 is 11.1. The molecule has 3 saturated heterocycles. The number of nitrogens with zero attached hydrogens (tertiary/aromatic N) is 3. The lowest BCUT2D eigenvalue weighted by atomic mass is 9.94. The molecule has 1 atom stereocenters. The molecule has 1 aromatic heterocycles. The highest BCUT2D eigenvalue weighted by Gasteiger charge is 2.47. The number of anilines is 1. The summed E-state index contributed by atoms with van der Waals surface area (Å²) in [5, 5.41) is 0. The third kappa shape index (κ3) is 2.70. The molecule has 124 valence electrons. The first-order chi connectivity index (χ1) is 11.2. The average Bonchev–Trinajstić information content (AvgIpc) is 3.12. The van der Waals surface area contributed by atoms with Gasteiger partial charge in [-0.05, 0) is 44.1 Å². The van der Waals surface area contributed by atoms with Gasteiger partial charge in [-0.25, -0.2) is 9.78 Å². The Bertz CT molecular complexity index is 601. The standard InChI is InChI=1S/C17H23N3O3/c1-19-8-2-3-14(19)13-4-7-18-15(11-13)20-12-17(23-16(20)21)5-9-22-10-6-17/h4,7,11,14H,2-3,5-6,8-10,12H2,1H3/t14-/m0/s1. The molecule has 3 fully saturated rings. The molecular weight excluding hydrogens is 294 g/mol. The van der Waals surface area contributed by atoms with Gasteiger partial charge in [0.25, 0.3) is 0 Å². The van der Waals surface area contributed by atoms with E-state index >= 15 is 0 Å². The fourth-order valence-corrected chi connectivity index (χ4v) is 3.92.